The van der Waals surface area contributed by atoms with Crippen molar-refractivity contribution in [2.24, 2.45) is 4.99 Å². The maximum atomic E-state index is 5.43. The van der Waals surface area contributed by atoms with Crippen molar-refractivity contribution in [2.75, 3.05) is 20.8 Å². The molecule has 0 radical (unpaired) electrons. The molecule has 2 aromatic rings. The van der Waals surface area contributed by atoms with E-state index in [1.54, 1.807) is 20.5 Å². The highest BCUT2D eigenvalue weighted by molar-refractivity contribution is 14.0. The lowest BCUT2D eigenvalue weighted by Crippen LogP contribution is -2.36. The Balaban J connectivity index is 0.00000288. The van der Waals surface area contributed by atoms with E-state index in [4.69, 9.17) is 13.9 Å². The van der Waals surface area contributed by atoms with Gasteiger partial charge in [-0.1, -0.05) is 12.1 Å². The first-order valence-electron chi connectivity index (χ1n) is 7.53. The van der Waals surface area contributed by atoms with Crippen LogP contribution in [0.5, 0.6) is 11.5 Å². The molecule has 0 bridgehead atoms. The topological polar surface area (TPSA) is 68.0 Å². The van der Waals surface area contributed by atoms with Crippen molar-refractivity contribution < 1.29 is 13.9 Å². The Morgan fingerprint density at radius 1 is 1.12 bits per heavy atom. The molecule has 132 valence electrons. The molecule has 0 aliphatic rings. The van der Waals surface area contributed by atoms with Gasteiger partial charge in [0, 0.05) is 12.1 Å². The Morgan fingerprint density at radius 3 is 2.58 bits per heavy atom. The first-order chi connectivity index (χ1) is 11.3. The molecule has 0 fully saturated rings. The average molecular weight is 445 g/mol. The number of guanidine groups is 1. The van der Waals surface area contributed by atoms with Crippen molar-refractivity contribution in [2.45, 2.75) is 20.0 Å². The fourth-order valence-corrected chi connectivity index (χ4v) is 2.17. The van der Waals surface area contributed by atoms with Gasteiger partial charge in [-0.25, -0.2) is 4.99 Å². The second-order valence-corrected chi connectivity index (χ2v) is 4.78. The highest BCUT2D eigenvalue weighted by atomic mass is 127. The highest BCUT2D eigenvalue weighted by Crippen LogP contribution is 2.30. The fraction of sp³-hybridized carbons (Fsp3) is 0.353. The molecule has 24 heavy (non-hydrogen) atoms. The molecule has 1 aromatic heterocycles. The van der Waals surface area contributed by atoms with Crippen LogP contribution in [0.4, 0.5) is 0 Å². The predicted octanol–water partition coefficient (Wildman–Crippen LogP) is 3.17. The summed E-state index contributed by atoms with van der Waals surface area (Å²) in [5.74, 6) is 2.98. The standard InChI is InChI=1S/C17H23N3O3.HI/c1-4-18-17(20-12-14-8-6-10-23-14)19-11-13-7-5-9-15(21-2)16(13)22-3;/h5-10H,4,11-12H2,1-3H3,(H2,18,19,20);1H. The van der Waals surface area contributed by atoms with E-state index in [0.29, 0.717) is 30.5 Å². The minimum Gasteiger partial charge on any atom is -0.493 e. The Kier molecular flexibility index (Phi) is 9.06. The lowest BCUT2D eigenvalue weighted by atomic mass is 10.2. The van der Waals surface area contributed by atoms with Gasteiger partial charge in [0.05, 0.1) is 33.6 Å². The summed E-state index contributed by atoms with van der Waals surface area (Å²) in [5.41, 5.74) is 0.960. The second-order valence-electron chi connectivity index (χ2n) is 4.78. The van der Waals surface area contributed by atoms with Crippen LogP contribution >= 0.6 is 24.0 Å². The molecule has 0 spiro atoms. The van der Waals surface area contributed by atoms with Crippen molar-refractivity contribution >= 4 is 29.9 Å². The molecule has 1 heterocycles. The molecule has 6 nitrogen and oxygen atoms in total. The summed E-state index contributed by atoms with van der Waals surface area (Å²) in [7, 11) is 3.26. The summed E-state index contributed by atoms with van der Waals surface area (Å²) < 4.78 is 16.0. The number of halogens is 1. The van der Waals surface area contributed by atoms with Gasteiger partial charge in [0.15, 0.2) is 17.5 Å². The quantitative estimate of drug-likeness (QED) is 0.390. The maximum Gasteiger partial charge on any atom is 0.191 e. The fourth-order valence-electron chi connectivity index (χ4n) is 2.17. The second kappa shape index (κ2) is 10.8. The number of hydrogen-bond acceptors (Lipinski definition) is 4. The molecule has 0 saturated carbocycles. The average Bonchev–Trinajstić information content (AvgIpc) is 3.10. The summed E-state index contributed by atoms with van der Waals surface area (Å²) in [5, 5.41) is 6.44. The van der Waals surface area contributed by atoms with Gasteiger partial charge in [-0.3, -0.25) is 0 Å². The van der Waals surface area contributed by atoms with Crippen LogP contribution in [0.2, 0.25) is 0 Å². The van der Waals surface area contributed by atoms with Crippen LogP contribution in [-0.2, 0) is 13.1 Å². The Bertz CT molecular complexity index is 630. The van der Waals surface area contributed by atoms with Gasteiger partial charge in [0.25, 0.3) is 0 Å². The van der Waals surface area contributed by atoms with Gasteiger partial charge in [-0.15, -0.1) is 24.0 Å². The number of benzene rings is 1. The number of hydrogen-bond donors (Lipinski definition) is 2. The SMILES string of the molecule is CCNC(=NCc1cccc(OC)c1OC)NCc1ccco1.I. The van der Waals surface area contributed by atoms with Gasteiger partial charge in [0.2, 0.25) is 0 Å². The predicted molar refractivity (Wildman–Crippen MR) is 105 cm³/mol. The summed E-state index contributed by atoms with van der Waals surface area (Å²) in [6.45, 7) is 3.86. The van der Waals surface area contributed by atoms with Gasteiger partial charge in [-0.2, -0.15) is 0 Å². The smallest absolute Gasteiger partial charge is 0.191 e. The summed E-state index contributed by atoms with van der Waals surface area (Å²) in [4.78, 5) is 4.58. The zero-order valence-electron chi connectivity index (χ0n) is 14.2. The van der Waals surface area contributed by atoms with Crippen LogP contribution in [0.15, 0.2) is 46.0 Å². The van der Waals surface area contributed by atoms with Gasteiger partial charge in [-0.05, 0) is 25.1 Å². The first-order valence-corrected chi connectivity index (χ1v) is 7.53. The van der Waals surface area contributed by atoms with E-state index in [1.165, 1.54) is 0 Å². The minimum absolute atomic E-state index is 0. The van der Waals surface area contributed by atoms with E-state index in [1.807, 2.05) is 37.3 Å². The number of furan rings is 1. The molecule has 2 N–H and O–H groups in total. The van der Waals surface area contributed by atoms with Gasteiger partial charge >= 0.3 is 0 Å². The number of nitrogens with one attached hydrogen (secondary N) is 2. The molecule has 0 saturated heterocycles. The van der Waals surface area contributed by atoms with Gasteiger partial charge < -0.3 is 24.5 Å². The third-order valence-electron chi connectivity index (χ3n) is 3.25. The third-order valence-corrected chi connectivity index (χ3v) is 3.25. The third kappa shape index (κ3) is 5.63. The molecule has 0 amide bonds. The largest absolute Gasteiger partial charge is 0.493 e. The van der Waals surface area contributed by atoms with E-state index >= 15 is 0 Å². The lowest BCUT2D eigenvalue weighted by Gasteiger charge is -2.13. The zero-order valence-corrected chi connectivity index (χ0v) is 16.5. The van der Waals surface area contributed by atoms with Crippen LogP contribution < -0.4 is 20.1 Å². The van der Waals surface area contributed by atoms with Crippen LogP contribution in [0.25, 0.3) is 0 Å². The van der Waals surface area contributed by atoms with E-state index in [-0.39, 0.29) is 24.0 Å². The summed E-state index contributed by atoms with van der Waals surface area (Å²) in [6, 6.07) is 9.55. The number of rotatable bonds is 7. The molecule has 0 aliphatic heterocycles. The number of ether oxygens (including phenoxy) is 2. The Morgan fingerprint density at radius 2 is 1.96 bits per heavy atom. The molecule has 1 aromatic carbocycles. The molecule has 0 atom stereocenters. The zero-order chi connectivity index (χ0) is 16.5. The minimum atomic E-state index is 0. The molecule has 0 aliphatic carbocycles. The lowest BCUT2D eigenvalue weighted by molar-refractivity contribution is 0.352. The van der Waals surface area contributed by atoms with Crippen molar-refractivity contribution in [1.29, 1.82) is 0 Å². The Hall–Kier alpha value is -1.90. The molecular formula is C17H24IN3O3. The normalized spacial score (nSPS) is 10.7. The van der Waals surface area contributed by atoms with Crippen LogP contribution in [0.1, 0.15) is 18.2 Å². The van der Waals surface area contributed by atoms with Crippen LogP contribution in [0, 0.1) is 0 Å². The van der Waals surface area contributed by atoms with E-state index < -0.39 is 0 Å². The van der Waals surface area contributed by atoms with Gasteiger partial charge in [0.1, 0.15) is 5.76 Å². The molecule has 2 rings (SSSR count). The monoisotopic (exact) mass is 445 g/mol. The van der Waals surface area contributed by atoms with Crippen molar-refractivity contribution in [1.82, 2.24) is 10.6 Å². The Labute approximate surface area is 159 Å². The van der Waals surface area contributed by atoms with Crippen LogP contribution in [0.3, 0.4) is 0 Å². The molecule has 7 heteroatoms. The van der Waals surface area contributed by atoms with E-state index in [0.717, 1.165) is 17.9 Å². The maximum absolute atomic E-state index is 5.43. The van der Waals surface area contributed by atoms with Crippen molar-refractivity contribution in [3.63, 3.8) is 0 Å². The number of aliphatic imine (C=N–C) groups is 1. The number of methoxy groups -OCH3 is 2. The number of nitrogens with zero attached hydrogens (tertiary/aromatic N) is 1. The summed E-state index contributed by atoms with van der Waals surface area (Å²) in [6.07, 6.45) is 1.65. The summed E-state index contributed by atoms with van der Waals surface area (Å²) >= 11 is 0. The van der Waals surface area contributed by atoms with Crippen molar-refractivity contribution in [3.8, 4) is 11.5 Å². The van der Waals surface area contributed by atoms with E-state index in [2.05, 4.69) is 15.6 Å². The highest BCUT2D eigenvalue weighted by Gasteiger charge is 2.09. The number of para-hydroxylation sites is 1. The molecule has 0 unspecified atom stereocenters. The van der Waals surface area contributed by atoms with E-state index in [9.17, 15) is 0 Å². The first kappa shape index (κ1) is 20.1. The van der Waals surface area contributed by atoms with Crippen LogP contribution in [-0.4, -0.2) is 26.7 Å². The molecular weight excluding hydrogens is 421 g/mol. The van der Waals surface area contributed by atoms with Crippen molar-refractivity contribution in [3.05, 3.63) is 47.9 Å².